The van der Waals surface area contributed by atoms with Gasteiger partial charge in [0.2, 0.25) is 5.95 Å². The molecule has 0 unspecified atom stereocenters. The highest BCUT2D eigenvalue weighted by molar-refractivity contribution is 6.07. The molecule has 2 heterocycles. The molecule has 8 heteroatoms. The average Bonchev–Trinajstić information content (AvgIpc) is 3.63. The molecule has 0 bridgehead atoms. The van der Waals surface area contributed by atoms with Crippen molar-refractivity contribution in [1.29, 1.82) is 0 Å². The molecule has 0 spiro atoms. The van der Waals surface area contributed by atoms with E-state index in [1.54, 1.807) is 6.07 Å². The average molecular weight is 448 g/mol. The third-order valence-corrected chi connectivity index (χ3v) is 6.12. The van der Waals surface area contributed by atoms with Crippen LogP contribution in [0.4, 0.5) is 11.6 Å². The van der Waals surface area contributed by atoms with Crippen molar-refractivity contribution in [3.05, 3.63) is 77.0 Å². The number of benzene rings is 2. The summed E-state index contributed by atoms with van der Waals surface area (Å²) in [6, 6.07) is 15.9. The summed E-state index contributed by atoms with van der Waals surface area (Å²) in [6.45, 7) is 2.64. The molecule has 2 N–H and O–H groups in total. The van der Waals surface area contributed by atoms with Gasteiger partial charge >= 0.3 is 0 Å². The summed E-state index contributed by atoms with van der Waals surface area (Å²) < 4.78 is 1.22. The monoisotopic (exact) mass is 448 g/mol. The molecule has 0 atom stereocenters. The second-order valence-electron chi connectivity index (χ2n) is 8.67. The minimum atomic E-state index is 0.406. The van der Waals surface area contributed by atoms with E-state index < -0.39 is 0 Å². The first-order chi connectivity index (χ1) is 16.6. The van der Waals surface area contributed by atoms with Crippen LogP contribution in [0.1, 0.15) is 45.8 Å². The third kappa shape index (κ3) is 4.49. The number of carbonyl (C=O) groups excluding carboxylic acids is 1. The highest BCUT2D eigenvalue weighted by atomic mass is 16.1. The van der Waals surface area contributed by atoms with Crippen LogP contribution >= 0.6 is 0 Å². The molecule has 1 saturated carbocycles. The van der Waals surface area contributed by atoms with Crippen LogP contribution in [-0.2, 0) is 6.54 Å². The highest BCUT2D eigenvalue weighted by Crippen LogP contribution is 2.40. The maximum absolute atomic E-state index is 11.3. The van der Waals surface area contributed by atoms with Crippen molar-refractivity contribution in [3.8, 4) is 22.6 Å². The van der Waals surface area contributed by atoms with Crippen molar-refractivity contribution < 1.29 is 4.79 Å². The van der Waals surface area contributed by atoms with E-state index in [1.165, 1.54) is 23.0 Å². The SMILES string of the molecule is [B]n1nc(-c2ccc(-c3ccc(C4CC4)cn3)c(C)c2)nc1Nc1ccc(C=O)c(CNC)c1. The molecule has 1 aliphatic rings. The minimum Gasteiger partial charge on any atom is -0.325 e. The van der Waals surface area contributed by atoms with Crippen LogP contribution in [0.15, 0.2) is 54.7 Å². The van der Waals surface area contributed by atoms with Gasteiger partial charge in [0.15, 0.2) is 5.82 Å². The van der Waals surface area contributed by atoms with Crippen LogP contribution in [0.25, 0.3) is 22.6 Å². The molecule has 2 aromatic heterocycles. The van der Waals surface area contributed by atoms with Gasteiger partial charge in [0.1, 0.15) is 6.29 Å². The van der Waals surface area contributed by atoms with E-state index in [0.717, 1.165) is 39.9 Å². The van der Waals surface area contributed by atoms with Crippen molar-refractivity contribution in [2.24, 2.45) is 0 Å². The molecule has 2 aromatic carbocycles. The van der Waals surface area contributed by atoms with Crippen molar-refractivity contribution in [2.45, 2.75) is 32.2 Å². The number of carbonyl (C=O) groups is 1. The number of aryl methyl sites for hydroxylation is 1. The molecule has 2 radical (unpaired) electrons. The fourth-order valence-electron chi connectivity index (χ4n) is 4.11. The molecule has 1 fully saturated rings. The Kier molecular flexibility index (Phi) is 5.98. The Hall–Kier alpha value is -3.78. The molecule has 0 amide bonds. The van der Waals surface area contributed by atoms with E-state index in [4.69, 9.17) is 7.98 Å². The quantitative estimate of drug-likeness (QED) is 0.307. The highest BCUT2D eigenvalue weighted by Gasteiger charge is 2.23. The number of aldehydes is 1. The zero-order valence-corrected chi connectivity index (χ0v) is 19.2. The molecule has 0 aliphatic heterocycles. The van der Waals surface area contributed by atoms with Crippen LogP contribution in [0.5, 0.6) is 0 Å². The van der Waals surface area contributed by atoms with Crippen molar-refractivity contribution >= 4 is 25.9 Å². The molecule has 1 aliphatic carbocycles. The first-order valence-corrected chi connectivity index (χ1v) is 11.3. The number of nitrogens with one attached hydrogen (secondary N) is 2. The van der Waals surface area contributed by atoms with Crippen LogP contribution in [-0.4, -0.2) is 41.0 Å². The summed E-state index contributed by atoms with van der Waals surface area (Å²) in [6.07, 6.45) is 5.39. The molecule has 7 nitrogen and oxygen atoms in total. The predicted molar refractivity (Wildman–Crippen MR) is 134 cm³/mol. The standard InChI is InChI=1S/C26H25BN6O/c1-16-11-18(6-9-23(16)24-10-7-19(14-29-24)17-3-4-17)25-31-26(33(27)32-25)30-22-8-5-20(15-34)21(12-22)13-28-2/h5-12,14-15,17,28H,3-4,13H2,1-2H3,(H,30,31,32). The van der Waals surface area contributed by atoms with Crippen molar-refractivity contribution in [2.75, 3.05) is 12.4 Å². The Labute approximate surface area is 200 Å². The number of hydrogen-bond acceptors (Lipinski definition) is 6. The third-order valence-electron chi connectivity index (χ3n) is 6.12. The molecular weight excluding hydrogens is 423 g/mol. The summed E-state index contributed by atoms with van der Waals surface area (Å²) in [5.41, 5.74) is 7.64. The fourth-order valence-corrected chi connectivity index (χ4v) is 4.11. The number of rotatable bonds is 8. The summed E-state index contributed by atoms with van der Waals surface area (Å²) in [4.78, 5) is 20.5. The van der Waals surface area contributed by atoms with E-state index in [0.29, 0.717) is 29.8 Å². The second kappa shape index (κ2) is 9.23. The van der Waals surface area contributed by atoms with Gasteiger partial charge in [-0.1, -0.05) is 18.2 Å². The lowest BCUT2D eigenvalue weighted by molar-refractivity contribution is 0.112. The normalized spacial score (nSPS) is 13.1. The number of anilines is 2. The van der Waals surface area contributed by atoms with Gasteiger partial charge in [-0.3, -0.25) is 14.4 Å². The van der Waals surface area contributed by atoms with E-state index in [9.17, 15) is 4.79 Å². The maximum Gasteiger partial charge on any atom is 0.269 e. The zero-order valence-electron chi connectivity index (χ0n) is 19.2. The number of pyridine rings is 1. The molecule has 0 saturated heterocycles. The number of hydrogen-bond donors (Lipinski definition) is 2. The van der Waals surface area contributed by atoms with Gasteiger partial charge in [-0.2, -0.15) is 10.1 Å². The Morgan fingerprint density at radius 3 is 2.68 bits per heavy atom. The fraction of sp³-hybridized carbons (Fsp3) is 0.231. The Morgan fingerprint density at radius 2 is 2.00 bits per heavy atom. The first kappa shape index (κ1) is 22.0. The van der Waals surface area contributed by atoms with Crippen LogP contribution in [0.3, 0.4) is 0 Å². The van der Waals surface area contributed by atoms with Crippen LogP contribution in [0, 0.1) is 6.92 Å². The lowest BCUT2D eigenvalue weighted by Crippen LogP contribution is -2.08. The lowest BCUT2D eigenvalue weighted by atomic mass is 10.0. The topological polar surface area (TPSA) is 84.7 Å². The van der Waals surface area contributed by atoms with Gasteiger partial charge in [0.05, 0.1) is 5.69 Å². The maximum atomic E-state index is 11.3. The molecule has 4 aromatic rings. The van der Waals surface area contributed by atoms with Crippen LogP contribution in [0.2, 0.25) is 0 Å². The molecule has 5 rings (SSSR count). The predicted octanol–water partition coefficient (Wildman–Crippen LogP) is 4.40. The van der Waals surface area contributed by atoms with E-state index in [2.05, 4.69) is 56.9 Å². The first-order valence-electron chi connectivity index (χ1n) is 11.3. The zero-order chi connectivity index (χ0) is 23.7. The molecule has 34 heavy (non-hydrogen) atoms. The number of aromatic nitrogens is 4. The molecule has 168 valence electrons. The summed E-state index contributed by atoms with van der Waals surface area (Å²) in [5, 5.41) is 10.7. The Balaban J connectivity index is 1.37. The van der Waals surface area contributed by atoms with E-state index in [-0.39, 0.29) is 0 Å². The second-order valence-corrected chi connectivity index (χ2v) is 8.67. The van der Waals surface area contributed by atoms with Crippen molar-refractivity contribution in [1.82, 2.24) is 25.0 Å². The summed E-state index contributed by atoms with van der Waals surface area (Å²) in [5.74, 6) is 1.63. The van der Waals surface area contributed by atoms with E-state index >= 15 is 0 Å². The Bertz CT molecular complexity index is 1340. The summed E-state index contributed by atoms with van der Waals surface area (Å²) >= 11 is 0. The summed E-state index contributed by atoms with van der Waals surface area (Å²) in [7, 11) is 7.92. The van der Waals surface area contributed by atoms with Gasteiger partial charge in [-0.15, -0.1) is 0 Å². The minimum absolute atomic E-state index is 0.406. The molecular formula is C26H25BN6O. The number of nitrogens with zero attached hydrogens (tertiary/aromatic N) is 4. The lowest BCUT2D eigenvalue weighted by Gasteiger charge is -2.09. The smallest absolute Gasteiger partial charge is 0.269 e. The largest absolute Gasteiger partial charge is 0.325 e. The Morgan fingerprint density at radius 1 is 1.15 bits per heavy atom. The van der Waals surface area contributed by atoms with Gasteiger partial charge < -0.3 is 10.6 Å². The van der Waals surface area contributed by atoms with Crippen molar-refractivity contribution in [3.63, 3.8) is 0 Å². The van der Waals surface area contributed by atoms with Gasteiger partial charge in [-0.25, -0.2) is 0 Å². The van der Waals surface area contributed by atoms with Gasteiger partial charge in [0.25, 0.3) is 7.98 Å². The van der Waals surface area contributed by atoms with E-state index in [1.807, 2.05) is 31.4 Å². The van der Waals surface area contributed by atoms with Crippen LogP contribution < -0.4 is 10.6 Å². The van der Waals surface area contributed by atoms with Gasteiger partial charge in [0, 0.05) is 35.1 Å². The van der Waals surface area contributed by atoms with Gasteiger partial charge in [-0.05, 0) is 79.8 Å².